The summed E-state index contributed by atoms with van der Waals surface area (Å²) in [6.07, 6.45) is 7.12. The molecule has 1 nitrogen and oxygen atoms in total. The molecule has 0 saturated carbocycles. The van der Waals surface area contributed by atoms with Crippen LogP contribution >= 0.6 is 11.6 Å². The highest BCUT2D eigenvalue weighted by Gasteiger charge is 2.02. The van der Waals surface area contributed by atoms with Crippen LogP contribution in [-0.2, 0) is 6.42 Å². The first-order valence-corrected chi connectivity index (χ1v) is 7.07. The highest BCUT2D eigenvalue weighted by atomic mass is 35.5. The monoisotopic (exact) mass is 254 g/mol. The number of hydrogen-bond donors (Lipinski definition) is 0. The second-order valence-electron chi connectivity index (χ2n) is 4.42. The summed E-state index contributed by atoms with van der Waals surface area (Å²) in [6, 6.07) is 6.12. The minimum atomic E-state index is 0.742. The fourth-order valence-corrected chi connectivity index (χ4v) is 2.07. The molecular weight excluding hydrogens is 232 g/mol. The third kappa shape index (κ3) is 5.45. The molecule has 1 aromatic carbocycles. The maximum absolute atomic E-state index is 6.18. The summed E-state index contributed by atoms with van der Waals surface area (Å²) in [5, 5.41) is 0.742. The Kier molecular flexibility index (Phi) is 7.11. The van der Waals surface area contributed by atoms with Gasteiger partial charge >= 0.3 is 0 Å². The Bertz CT molecular complexity index is 323. The van der Waals surface area contributed by atoms with Crippen LogP contribution in [-0.4, -0.2) is 6.61 Å². The van der Waals surface area contributed by atoms with Crippen molar-refractivity contribution in [1.82, 2.24) is 0 Å². The van der Waals surface area contributed by atoms with Crippen molar-refractivity contribution < 1.29 is 4.74 Å². The van der Waals surface area contributed by atoms with E-state index in [4.69, 9.17) is 16.3 Å². The first-order valence-electron chi connectivity index (χ1n) is 6.69. The summed E-state index contributed by atoms with van der Waals surface area (Å²) in [5.74, 6) is 0.822. The molecule has 0 heterocycles. The SMILES string of the molecule is CCCCCCOc1ccc(CCC)cc1Cl. The van der Waals surface area contributed by atoms with Crippen molar-refractivity contribution in [1.29, 1.82) is 0 Å². The third-order valence-corrected chi connectivity index (χ3v) is 3.09. The van der Waals surface area contributed by atoms with Crippen molar-refractivity contribution in [2.75, 3.05) is 6.61 Å². The number of unbranched alkanes of at least 4 members (excludes halogenated alkanes) is 3. The lowest BCUT2D eigenvalue weighted by atomic mass is 10.1. The smallest absolute Gasteiger partial charge is 0.137 e. The summed E-state index contributed by atoms with van der Waals surface area (Å²) >= 11 is 6.18. The molecule has 0 saturated heterocycles. The van der Waals surface area contributed by atoms with E-state index in [9.17, 15) is 0 Å². The van der Waals surface area contributed by atoms with Crippen LogP contribution in [0.1, 0.15) is 51.5 Å². The van der Waals surface area contributed by atoms with E-state index in [0.717, 1.165) is 36.6 Å². The molecule has 17 heavy (non-hydrogen) atoms. The predicted molar refractivity (Wildman–Crippen MR) is 75.1 cm³/mol. The zero-order valence-electron chi connectivity index (χ0n) is 11.0. The van der Waals surface area contributed by atoms with Crippen LogP contribution < -0.4 is 4.74 Å². The molecule has 0 fully saturated rings. The van der Waals surface area contributed by atoms with Gasteiger partial charge in [0, 0.05) is 0 Å². The molecule has 0 spiro atoms. The standard InChI is InChI=1S/C15H23ClO/c1-3-5-6-7-11-17-15-10-9-13(8-4-2)12-14(15)16/h9-10,12H,3-8,11H2,1-2H3. The number of aryl methyl sites for hydroxylation is 1. The predicted octanol–water partition coefficient (Wildman–Crippen LogP) is 5.25. The number of rotatable bonds is 8. The summed E-state index contributed by atoms with van der Waals surface area (Å²) in [6.45, 7) is 5.16. The van der Waals surface area contributed by atoms with E-state index in [1.165, 1.54) is 24.8 Å². The molecule has 1 rings (SSSR count). The van der Waals surface area contributed by atoms with Crippen molar-refractivity contribution in [2.45, 2.75) is 52.4 Å². The summed E-state index contributed by atoms with van der Waals surface area (Å²) in [4.78, 5) is 0. The van der Waals surface area contributed by atoms with Gasteiger partial charge in [0.1, 0.15) is 5.75 Å². The van der Waals surface area contributed by atoms with E-state index in [1.54, 1.807) is 0 Å². The molecule has 0 amide bonds. The van der Waals surface area contributed by atoms with Gasteiger partial charge in [0.25, 0.3) is 0 Å². The van der Waals surface area contributed by atoms with Crippen molar-refractivity contribution in [3.63, 3.8) is 0 Å². The number of hydrogen-bond acceptors (Lipinski definition) is 1. The Morgan fingerprint density at radius 1 is 1.06 bits per heavy atom. The van der Waals surface area contributed by atoms with Gasteiger partial charge < -0.3 is 4.74 Å². The maximum atomic E-state index is 6.18. The minimum absolute atomic E-state index is 0.742. The van der Waals surface area contributed by atoms with Gasteiger partial charge in [-0.2, -0.15) is 0 Å². The second-order valence-corrected chi connectivity index (χ2v) is 4.83. The molecule has 0 N–H and O–H groups in total. The van der Waals surface area contributed by atoms with Crippen LogP contribution in [0.5, 0.6) is 5.75 Å². The van der Waals surface area contributed by atoms with Crippen LogP contribution in [0.4, 0.5) is 0 Å². The molecule has 0 radical (unpaired) electrons. The normalized spacial score (nSPS) is 10.5. The molecule has 0 atom stereocenters. The Balaban J connectivity index is 2.38. The van der Waals surface area contributed by atoms with Crippen LogP contribution in [0.3, 0.4) is 0 Å². The van der Waals surface area contributed by atoms with E-state index >= 15 is 0 Å². The molecule has 1 aromatic rings. The van der Waals surface area contributed by atoms with E-state index in [-0.39, 0.29) is 0 Å². The number of benzene rings is 1. The second kappa shape index (κ2) is 8.41. The molecule has 0 bridgehead atoms. The first kappa shape index (κ1) is 14.4. The Morgan fingerprint density at radius 3 is 2.53 bits per heavy atom. The maximum Gasteiger partial charge on any atom is 0.137 e. The van der Waals surface area contributed by atoms with Gasteiger partial charge in [-0.15, -0.1) is 0 Å². The van der Waals surface area contributed by atoms with Crippen molar-refractivity contribution in [3.8, 4) is 5.75 Å². The van der Waals surface area contributed by atoms with Crippen molar-refractivity contribution in [2.24, 2.45) is 0 Å². The number of halogens is 1. The fraction of sp³-hybridized carbons (Fsp3) is 0.600. The lowest BCUT2D eigenvalue weighted by molar-refractivity contribution is 0.305. The van der Waals surface area contributed by atoms with E-state index in [2.05, 4.69) is 19.9 Å². The average molecular weight is 255 g/mol. The molecule has 0 unspecified atom stereocenters. The van der Waals surface area contributed by atoms with Crippen LogP contribution in [0.25, 0.3) is 0 Å². The van der Waals surface area contributed by atoms with Gasteiger partial charge in [0.2, 0.25) is 0 Å². The fourth-order valence-electron chi connectivity index (χ4n) is 1.82. The Hall–Kier alpha value is -0.690. The van der Waals surface area contributed by atoms with Crippen molar-refractivity contribution in [3.05, 3.63) is 28.8 Å². The Morgan fingerprint density at radius 2 is 1.88 bits per heavy atom. The highest BCUT2D eigenvalue weighted by molar-refractivity contribution is 6.32. The third-order valence-electron chi connectivity index (χ3n) is 2.79. The van der Waals surface area contributed by atoms with Crippen LogP contribution in [0.2, 0.25) is 5.02 Å². The van der Waals surface area contributed by atoms with Gasteiger partial charge in [0.15, 0.2) is 0 Å². The van der Waals surface area contributed by atoms with E-state index in [1.807, 2.05) is 12.1 Å². The van der Waals surface area contributed by atoms with E-state index < -0.39 is 0 Å². The van der Waals surface area contributed by atoms with Gasteiger partial charge in [-0.3, -0.25) is 0 Å². The summed E-state index contributed by atoms with van der Waals surface area (Å²) < 4.78 is 5.68. The highest BCUT2D eigenvalue weighted by Crippen LogP contribution is 2.26. The minimum Gasteiger partial charge on any atom is -0.492 e. The lowest BCUT2D eigenvalue weighted by Gasteiger charge is -2.09. The van der Waals surface area contributed by atoms with Crippen LogP contribution in [0.15, 0.2) is 18.2 Å². The molecular formula is C15H23ClO. The molecule has 0 aliphatic rings. The molecule has 2 heteroatoms. The molecule has 0 aromatic heterocycles. The van der Waals surface area contributed by atoms with Gasteiger partial charge in [-0.25, -0.2) is 0 Å². The van der Waals surface area contributed by atoms with Gasteiger partial charge in [0.05, 0.1) is 11.6 Å². The topological polar surface area (TPSA) is 9.23 Å². The van der Waals surface area contributed by atoms with Gasteiger partial charge in [-0.1, -0.05) is 57.2 Å². The zero-order valence-corrected chi connectivity index (χ0v) is 11.7. The summed E-state index contributed by atoms with van der Waals surface area (Å²) in [5.41, 5.74) is 1.29. The zero-order chi connectivity index (χ0) is 12.5. The molecule has 0 aliphatic carbocycles. The van der Waals surface area contributed by atoms with Crippen molar-refractivity contribution >= 4 is 11.6 Å². The quantitative estimate of drug-likeness (QED) is 0.576. The van der Waals surface area contributed by atoms with E-state index in [0.29, 0.717) is 0 Å². The summed E-state index contributed by atoms with van der Waals surface area (Å²) in [7, 11) is 0. The number of ether oxygens (including phenoxy) is 1. The molecule has 0 aliphatic heterocycles. The van der Waals surface area contributed by atoms with Crippen LogP contribution in [0, 0.1) is 0 Å². The largest absolute Gasteiger partial charge is 0.492 e. The Labute approximate surface area is 110 Å². The lowest BCUT2D eigenvalue weighted by Crippen LogP contribution is -1.98. The average Bonchev–Trinajstić information content (AvgIpc) is 2.32. The van der Waals surface area contributed by atoms with Gasteiger partial charge in [-0.05, 0) is 30.5 Å². The molecule has 96 valence electrons. The first-order chi connectivity index (χ1) is 8.27.